The molecule has 2 rings (SSSR count). The summed E-state index contributed by atoms with van der Waals surface area (Å²) in [6.45, 7) is 14.5. The van der Waals surface area contributed by atoms with Crippen LogP contribution in [0.1, 0.15) is 71.7 Å². The molecule has 0 aromatic carbocycles. The van der Waals surface area contributed by atoms with Crippen molar-refractivity contribution >= 4 is 10.0 Å². The summed E-state index contributed by atoms with van der Waals surface area (Å²) in [5.41, 5.74) is 2.62. The van der Waals surface area contributed by atoms with Crippen LogP contribution in [-0.4, -0.2) is 41.8 Å². The molecule has 5 nitrogen and oxygen atoms in total. The number of nitrogens with zero attached hydrogens (tertiary/aromatic N) is 3. The van der Waals surface area contributed by atoms with Gasteiger partial charge in [-0.15, -0.1) is 0 Å². The van der Waals surface area contributed by atoms with Crippen LogP contribution in [0.15, 0.2) is 6.20 Å². The minimum atomic E-state index is -3.08. The standard InChI is InChI=1S/C17H31N3O2S/c1-16(2,3)14-12-18-20(15(14)17(4,5)6)13-8-10-19(11-9-13)23(7,21)22/h12-13H,8-11H2,1-7H3. The zero-order valence-electron chi connectivity index (χ0n) is 15.5. The van der Waals surface area contributed by atoms with E-state index in [0.29, 0.717) is 13.1 Å². The quantitative estimate of drug-likeness (QED) is 0.830. The fraction of sp³-hybridized carbons (Fsp3) is 0.824. The molecule has 0 amide bonds. The Bertz CT molecular complexity index is 655. The molecule has 0 spiro atoms. The van der Waals surface area contributed by atoms with E-state index < -0.39 is 10.0 Å². The van der Waals surface area contributed by atoms with Gasteiger partial charge in [0.15, 0.2) is 0 Å². The molecule has 1 aromatic rings. The van der Waals surface area contributed by atoms with Crippen molar-refractivity contribution in [3.8, 4) is 0 Å². The van der Waals surface area contributed by atoms with E-state index in [1.807, 2.05) is 6.20 Å². The van der Waals surface area contributed by atoms with Crippen LogP contribution in [0.5, 0.6) is 0 Å². The summed E-state index contributed by atoms with van der Waals surface area (Å²) >= 11 is 0. The van der Waals surface area contributed by atoms with Crippen molar-refractivity contribution in [3.63, 3.8) is 0 Å². The average Bonchev–Trinajstić information content (AvgIpc) is 2.82. The van der Waals surface area contributed by atoms with Gasteiger partial charge in [-0.3, -0.25) is 4.68 Å². The third-order valence-electron chi connectivity index (χ3n) is 4.55. The van der Waals surface area contributed by atoms with Crippen molar-refractivity contribution < 1.29 is 8.42 Å². The van der Waals surface area contributed by atoms with Crippen LogP contribution in [0.25, 0.3) is 0 Å². The first-order valence-electron chi connectivity index (χ1n) is 8.35. The van der Waals surface area contributed by atoms with Gasteiger partial charge < -0.3 is 0 Å². The lowest BCUT2D eigenvalue weighted by Gasteiger charge is -2.34. The van der Waals surface area contributed by atoms with Crippen LogP contribution >= 0.6 is 0 Å². The molecule has 0 saturated carbocycles. The Hall–Kier alpha value is -0.880. The highest BCUT2D eigenvalue weighted by Gasteiger charge is 2.34. The molecule has 0 atom stereocenters. The van der Waals surface area contributed by atoms with Crippen LogP contribution in [0.4, 0.5) is 0 Å². The fourth-order valence-electron chi connectivity index (χ4n) is 3.35. The zero-order valence-corrected chi connectivity index (χ0v) is 16.4. The van der Waals surface area contributed by atoms with Gasteiger partial charge in [-0.2, -0.15) is 5.10 Å². The Kier molecular flexibility index (Phi) is 4.72. The van der Waals surface area contributed by atoms with Gasteiger partial charge in [0.1, 0.15) is 0 Å². The number of sulfonamides is 1. The second-order valence-electron chi connectivity index (χ2n) is 8.74. The highest BCUT2D eigenvalue weighted by molar-refractivity contribution is 7.88. The largest absolute Gasteiger partial charge is 0.266 e. The first-order valence-corrected chi connectivity index (χ1v) is 10.2. The Labute approximate surface area is 141 Å². The van der Waals surface area contributed by atoms with Gasteiger partial charge in [-0.25, -0.2) is 12.7 Å². The third kappa shape index (κ3) is 3.97. The van der Waals surface area contributed by atoms with Gasteiger partial charge in [-0.1, -0.05) is 41.5 Å². The third-order valence-corrected chi connectivity index (χ3v) is 5.86. The minimum Gasteiger partial charge on any atom is -0.266 e. The summed E-state index contributed by atoms with van der Waals surface area (Å²) in [6, 6.07) is 0.276. The fourth-order valence-corrected chi connectivity index (χ4v) is 4.23. The SMILES string of the molecule is CC(C)(C)c1cnn(C2CCN(S(C)(=O)=O)CC2)c1C(C)(C)C. The van der Waals surface area contributed by atoms with E-state index in [4.69, 9.17) is 5.10 Å². The maximum Gasteiger partial charge on any atom is 0.211 e. The normalized spacial score (nSPS) is 19.3. The molecule has 1 aliphatic heterocycles. The second-order valence-corrected chi connectivity index (χ2v) is 10.7. The topological polar surface area (TPSA) is 55.2 Å². The number of hydrogen-bond acceptors (Lipinski definition) is 3. The van der Waals surface area contributed by atoms with Crippen molar-refractivity contribution in [2.75, 3.05) is 19.3 Å². The lowest BCUT2D eigenvalue weighted by Crippen LogP contribution is -2.39. The molecule has 0 aliphatic carbocycles. The summed E-state index contributed by atoms with van der Waals surface area (Å²) in [5.74, 6) is 0. The van der Waals surface area contributed by atoms with Crippen molar-refractivity contribution in [2.45, 2.75) is 71.3 Å². The predicted molar refractivity (Wildman–Crippen MR) is 94.3 cm³/mol. The monoisotopic (exact) mass is 341 g/mol. The molecule has 0 radical (unpaired) electrons. The number of hydrogen-bond donors (Lipinski definition) is 0. The highest BCUT2D eigenvalue weighted by atomic mass is 32.2. The molecule has 0 bridgehead atoms. The smallest absolute Gasteiger partial charge is 0.211 e. The highest BCUT2D eigenvalue weighted by Crippen LogP contribution is 2.37. The average molecular weight is 342 g/mol. The minimum absolute atomic E-state index is 0.00702. The van der Waals surface area contributed by atoms with Crippen molar-refractivity contribution in [2.24, 2.45) is 0 Å². The summed E-state index contributed by atoms with van der Waals surface area (Å²) < 4.78 is 27.1. The van der Waals surface area contributed by atoms with Gasteiger partial charge in [0.25, 0.3) is 0 Å². The molecule has 0 unspecified atom stereocenters. The predicted octanol–water partition coefficient (Wildman–Crippen LogP) is 3.07. The molecule has 2 heterocycles. The van der Waals surface area contributed by atoms with Crippen LogP contribution in [-0.2, 0) is 20.9 Å². The van der Waals surface area contributed by atoms with Crippen molar-refractivity contribution in [1.29, 1.82) is 0 Å². The van der Waals surface area contributed by atoms with Gasteiger partial charge >= 0.3 is 0 Å². The lowest BCUT2D eigenvalue weighted by molar-refractivity contribution is 0.251. The summed E-state index contributed by atoms with van der Waals surface area (Å²) in [5, 5.41) is 4.71. The Morgan fingerprint density at radius 3 is 1.96 bits per heavy atom. The molecule has 1 aliphatic rings. The van der Waals surface area contributed by atoms with Gasteiger partial charge in [-0.05, 0) is 23.8 Å². The van der Waals surface area contributed by atoms with E-state index in [9.17, 15) is 8.42 Å². The molecule has 1 fully saturated rings. The van der Waals surface area contributed by atoms with E-state index in [2.05, 4.69) is 46.2 Å². The van der Waals surface area contributed by atoms with E-state index in [0.717, 1.165) is 12.8 Å². The van der Waals surface area contributed by atoms with Crippen LogP contribution < -0.4 is 0 Å². The van der Waals surface area contributed by atoms with E-state index >= 15 is 0 Å². The molecule has 23 heavy (non-hydrogen) atoms. The molecular formula is C17H31N3O2S. The Morgan fingerprint density at radius 1 is 1.04 bits per heavy atom. The maximum absolute atomic E-state index is 11.7. The molecule has 132 valence electrons. The molecular weight excluding hydrogens is 310 g/mol. The second kappa shape index (κ2) is 5.88. The maximum atomic E-state index is 11.7. The number of rotatable bonds is 2. The van der Waals surface area contributed by atoms with Gasteiger partial charge in [0.2, 0.25) is 10.0 Å². The van der Waals surface area contributed by atoms with E-state index in [1.54, 1.807) is 4.31 Å². The molecule has 0 N–H and O–H groups in total. The summed E-state index contributed by atoms with van der Waals surface area (Å²) in [4.78, 5) is 0. The van der Waals surface area contributed by atoms with Crippen LogP contribution in [0.3, 0.4) is 0 Å². The zero-order chi connectivity index (χ0) is 17.6. The number of aromatic nitrogens is 2. The van der Waals surface area contributed by atoms with Gasteiger partial charge in [0.05, 0.1) is 18.5 Å². The molecule has 1 saturated heterocycles. The molecule has 6 heteroatoms. The number of piperidine rings is 1. The van der Waals surface area contributed by atoms with Crippen LogP contribution in [0, 0.1) is 0 Å². The molecule has 1 aromatic heterocycles. The van der Waals surface area contributed by atoms with Crippen molar-refractivity contribution in [3.05, 3.63) is 17.5 Å². The summed E-state index contributed by atoms with van der Waals surface area (Å²) in [7, 11) is -3.08. The van der Waals surface area contributed by atoms with E-state index in [-0.39, 0.29) is 16.9 Å². The first-order chi connectivity index (χ1) is 10.3. The van der Waals surface area contributed by atoms with E-state index in [1.165, 1.54) is 17.5 Å². The Balaban J connectivity index is 2.34. The van der Waals surface area contributed by atoms with Crippen LogP contribution in [0.2, 0.25) is 0 Å². The first kappa shape index (κ1) is 18.5. The Morgan fingerprint density at radius 2 is 1.57 bits per heavy atom. The van der Waals surface area contributed by atoms with Gasteiger partial charge in [0, 0.05) is 24.2 Å². The van der Waals surface area contributed by atoms with Crippen molar-refractivity contribution in [1.82, 2.24) is 14.1 Å². The lowest BCUT2D eigenvalue weighted by atomic mass is 9.79. The summed E-state index contributed by atoms with van der Waals surface area (Å²) in [6.07, 6.45) is 4.94.